The molecule has 1 fully saturated rings. The van der Waals surface area contributed by atoms with Crippen LogP contribution in [0.3, 0.4) is 0 Å². The maximum atomic E-state index is 11.8. The van der Waals surface area contributed by atoms with Crippen LogP contribution in [0.1, 0.15) is 50.3 Å². The topological polar surface area (TPSA) is 53.8 Å². The zero-order valence-electron chi connectivity index (χ0n) is 12.2. The van der Waals surface area contributed by atoms with Crippen molar-refractivity contribution in [2.75, 3.05) is 0 Å². The van der Waals surface area contributed by atoms with Crippen molar-refractivity contribution in [3.05, 3.63) is 22.4 Å². The van der Waals surface area contributed by atoms with Crippen LogP contribution in [0.4, 0.5) is 0 Å². The molecule has 1 N–H and O–H groups in total. The van der Waals surface area contributed by atoms with Crippen molar-refractivity contribution >= 4 is 40.4 Å². The van der Waals surface area contributed by atoms with Gasteiger partial charge in [0.25, 0.3) is 0 Å². The van der Waals surface area contributed by atoms with E-state index >= 15 is 0 Å². The fourth-order valence-electron chi connectivity index (χ4n) is 2.08. The summed E-state index contributed by atoms with van der Waals surface area (Å²) >= 11 is 3.11. The molecule has 1 aromatic heterocycles. The smallest absolute Gasteiger partial charge is 0.239 e. The Morgan fingerprint density at radius 1 is 1.33 bits per heavy atom. The van der Waals surface area contributed by atoms with Gasteiger partial charge in [-0.2, -0.15) is 5.10 Å². The SMILES string of the molecule is CCCCCCC[C@@H]1S/C(=N/N=C\c2cccs2)NC1=O. The van der Waals surface area contributed by atoms with E-state index < -0.39 is 0 Å². The molecule has 0 radical (unpaired) electrons. The van der Waals surface area contributed by atoms with E-state index in [1.165, 1.54) is 37.4 Å². The first-order chi connectivity index (χ1) is 10.3. The summed E-state index contributed by atoms with van der Waals surface area (Å²) < 4.78 is 0. The molecule has 21 heavy (non-hydrogen) atoms. The standard InChI is InChI=1S/C15H21N3OS2/c1-2-3-4-5-6-9-13-14(19)17-15(21-13)18-16-11-12-8-7-10-20-12/h7-8,10-11,13H,2-6,9H2,1H3,(H,17,18,19)/b16-11-/t13-/m0/s1. The van der Waals surface area contributed by atoms with Gasteiger partial charge in [0.05, 0.1) is 11.5 Å². The largest absolute Gasteiger partial charge is 0.303 e. The number of hydrogen-bond donors (Lipinski definition) is 1. The summed E-state index contributed by atoms with van der Waals surface area (Å²) in [5, 5.41) is 13.5. The molecule has 0 spiro atoms. The second-order valence-electron chi connectivity index (χ2n) is 4.96. The molecule has 0 saturated carbocycles. The van der Waals surface area contributed by atoms with Crippen molar-refractivity contribution in [3.8, 4) is 0 Å². The number of thioether (sulfide) groups is 1. The average molecular weight is 323 g/mol. The van der Waals surface area contributed by atoms with Crippen LogP contribution in [0.2, 0.25) is 0 Å². The van der Waals surface area contributed by atoms with E-state index in [0.29, 0.717) is 5.17 Å². The molecule has 0 bridgehead atoms. The molecule has 6 heteroatoms. The number of amidine groups is 1. The maximum absolute atomic E-state index is 11.8. The van der Waals surface area contributed by atoms with Gasteiger partial charge in [0, 0.05) is 4.88 Å². The van der Waals surface area contributed by atoms with Crippen LogP contribution in [0.25, 0.3) is 0 Å². The Hall–Kier alpha value is -1.14. The summed E-state index contributed by atoms with van der Waals surface area (Å²) in [5.74, 6) is 0.0700. The summed E-state index contributed by atoms with van der Waals surface area (Å²) in [6.07, 6.45) is 8.75. The van der Waals surface area contributed by atoms with Gasteiger partial charge in [0.1, 0.15) is 0 Å². The van der Waals surface area contributed by atoms with Crippen molar-refractivity contribution in [1.82, 2.24) is 5.32 Å². The highest BCUT2D eigenvalue weighted by Crippen LogP contribution is 2.24. The normalized spacial score (nSPS) is 20.5. The molecule has 1 aromatic rings. The molecule has 4 nitrogen and oxygen atoms in total. The minimum Gasteiger partial charge on any atom is -0.303 e. The fraction of sp³-hybridized carbons (Fsp3) is 0.533. The number of carbonyl (C=O) groups is 1. The molecule has 1 amide bonds. The Labute approximate surface area is 134 Å². The van der Waals surface area contributed by atoms with Gasteiger partial charge in [0.15, 0.2) is 5.17 Å². The summed E-state index contributed by atoms with van der Waals surface area (Å²) in [6.45, 7) is 2.21. The van der Waals surface area contributed by atoms with E-state index in [1.54, 1.807) is 17.6 Å². The molecule has 2 rings (SSSR count). The second-order valence-corrected chi connectivity index (χ2v) is 7.13. The number of hydrogen-bond acceptors (Lipinski definition) is 5. The van der Waals surface area contributed by atoms with Gasteiger partial charge < -0.3 is 5.32 Å². The lowest BCUT2D eigenvalue weighted by Crippen LogP contribution is -2.24. The predicted molar refractivity (Wildman–Crippen MR) is 92.2 cm³/mol. The number of carbonyl (C=O) groups excluding carboxylic acids is 1. The van der Waals surface area contributed by atoms with E-state index in [1.807, 2.05) is 17.5 Å². The Balaban J connectivity index is 1.74. The van der Waals surface area contributed by atoms with E-state index in [2.05, 4.69) is 22.4 Å². The molecular weight excluding hydrogens is 302 g/mol. The van der Waals surface area contributed by atoms with Crippen molar-refractivity contribution < 1.29 is 4.79 Å². The third-order valence-electron chi connectivity index (χ3n) is 3.22. The van der Waals surface area contributed by atoms with E-state index in [9.17, 15) is 4.79 Å². The number of nitrogens with one attached hydrogen (secondary N) is 1. The Kier molecular flexibility index (Phi) is 6.95. The number of thiophene rings is 1. The van der Waals surface area contributed by atoms with Gasteiger partial charge >= 0.3 is 0 Å². The monoisotopic (exact) mass is 323 g/mol. The van der Waals surface area contributed by atoms with Crippen LogP contribution in [-0.2, 0) is 4.79 Å². The summed E-state index contributed by atoms with van der Waals surface area (Å²) in [4.78, 5) is 12.9. The number of unbranched alkanes of at least 4 members (excludes halogenated alkanes) is 4. The van der Waals surface area contributed by atoms with Crippen molar-refractivity contribution in [2.24, 2.45) is 10.2 Å². The molecule has 0 aromatic carbocycles. The van der Waals surface area contributed by atoms with Crippen LogP contribution in [0, 0.1) is 0 Å². The van der Waals surface area contributed by atoms with E-state index in [4.69, 9.17) is 0 Å². The molecule has 0 aliphatic carbocycles. The lowest BCUT2D eigenvalue weighted by atomic mass is 10.1. The molecule has 0 unspecified atom stereocenters. The third kappa shape index (κ3) is 5.63. The maximum Gasteiger partial charge on any atom is 0.239 e. The summed E-state index contributed by atoms with van der Waals surface area (Å²) in [7, 11) is 0. The lowest BCUT2D eigenvalue weighted by Gasteiger charge is -2.04. The zero-order valence-corrected chi connectivity index (χ0v) is 13.9. The van der Waals surface area contributed by atoms with Gasteiger partial charge in [-0.25, -0.2) is 0 Å². The van der Waals surface area contributed by atoms with Gasteiger partial charge in [-0.05, 0) is 17.9 Å². The van der Waals surface area contributed by atoms with Crippen LogP contribution in [0.5, 0.6) is 0 Å². The molecule has 2 heterocycles. The number of rotatable bonds is 8. The third-order valence-corrected chi connectivity index (χ3v) is 5.17. The molecular formula is C15H21N3OS2. The Morgan fingerprint density at radius 2 is 2.19 bits per heavy atom. The van der Waals surface area contributed by atoms with Gasteiger partial charge in [0.2, 0.25) is 5.91 Å². The first-order valence-corrected chi connectivity index (χ1v) is 9.17. The van der Waals surface area contributed by atoms with Crippen LogP contribution < -0.4 is 5.32 Å². The van der Waals surface area contributed by atoms with Crippen LogP contribution >= 0.6 is 23.1 Å². The van der Waals surface area contributed by atoms with Crippen molar-refractivity contribution in [1.29, 1.82) is 0 Å². The molecule has 1 aliphatic heterocycles. The predicted octanol–water partition coefficient (Wildman–Crippen LogP) is 4.03. The van der Waals surface area contributed by atoms with Crippen LogP contribution in [-0.4, -0.2) is 22.5 Å². The minimum atomic E-state index is 0.00214. The van der Waals surface area contributed by atoms with Crippen molar-refractivity contribution in [3.63, 3.8) is 0 Å². The Morgan fingerprint density at radius 3 is 2.95 bits per heavy atom. The highest BCUT2D eigenvalue weighted by Gasteiger charge is 2.29. The second kappa shape index (κ2) is 9.00. The molecule has 114 valence electrons. The first kappa shape index (κ1) is 16.2. The quantitative estimate of drug-likeness (QED) is 0.446. The lowest BCUT2D eigenvalue weighted by molar-refractivity contribution is -0.118. The van der Waals surface area contributed by atoms with Gasteiger partial charge in [-0.1, -0.05) is 56.9 Å². The first-order valence-electron chi connectivity index (χ1n) is 7.41. The minimum absolute atomic E-state index is 0.00214. The number of nitrogens with zero attached hydrogens (tertiary/aromatic N) is 2. The van der Waals surface area contributed by atoms with Gasteiger partial charge in [-0.3, -0.25) is 4.79 Å². The highest BCUT2D eigenvalue weighted by molar-refractivity contribution is 8.15. The highest BCUT2D eigenvalue weighted by atomic mass is 32.2. The average Bonchev–Trinajstić information content (AvgIpc) is 3.09. The molecule has 1 atom stereocenters. The number of amides is 1. The van der Waals surface area contributed by atoms with Crippen molar-refractivity contribution in [2.45, 2.75) is 50.7 Å². The summed E-state index contributed by atoms with van der Waals surface area (Å²) in [5.41, 5.74) is 0. The van der Waals surface area contributed by atoms with Crippen LogP contribution in [0.15, 0.2) is 27.7 Å². The zero-order chi connectivity index (χ0) is 14.9. The van der Waals surface area contributed by atoms with E-state index in [0.717, 1.165) is 17.7 Å². The molecule has 1 saturated heterocycles. The Bertz CT molecular complexity index is 497. The molecule has 1 aliphatic rings. The fourth-order valence-corrected chi connectivity index (χ4v) is 3.63. The van der Waals surface area contributed by atoms with Gasteiger partial charge in [-0.15, -0.1) is 16.4 Å². The summed E-state index contributed by atoms with van der Waals surface area (Å²) in [6, 6.07) is 3.95. The van der Waals surface area contributed by atoms with E-state index in [-0.39, 0.29) is 11.2 Å².